The predicted octanol–water partition coefficient (Wildman–Crippen LogP) is 4.39. The minimum absolute atomic E-state index is 0.127. The summed E-state index contributed by atoms with van der Waals surface area (Å²) in [4.78, 5) is 14.5. The molecule has 0 bridgehead atoms. The van der Waals surface area contributed by atoms with Gasteiger partial charge in [-0.15, -0.1) is 0 Å². The van der Waals surface area contributed by atoms with Crippen LogP contribution in [0.25, 0.3) is 0 Å². The lowest BCUT2D eigenvalue weighted by molar-refractivity contribution is 0.189. The van der Waals surface area contributed by atoms with Gasteiger partial charge in [-0.3, -0.25) is 0 Å². The SMILES string of the molecule is Cc1ccc(Br)cc1NC(=O)NCCCCN1CCC(C)CC1. The molecule has 2 rings (SSSR count). The van der Waals surface area contributed by atoms with E-state index in [1.807, 2.05) is 25.1 Å². The third-order valence-corrected chi connectivity index (χ3v) is 5.00. The molecule has 1 fully saturated rings. The number of aryl methyl sites for hydroxylation is 1. The maximum absolute atomic E-state index is 11.9. The van der Waals surface area contributed by atoms with E-state index in [2.05, 4.69) is 38.4 Å². The van der Waals surface area contributed by atoms with Gasteiger partial charge in [0.25, 0.3) is 0 Å². The minimum Gasteiger partial charge on any atom is -0.338 e. The number of carbonyl (C=O) groups excluding carboxylic acids is 1. The molecule has 0 radical (unpaired) electrons. The van der Waals surface area contributed by atoms with Gasteiger partial charge in [0.2, 0.25) is 0 Å². The van der Waals surface area contributed by atoms with Crippen molar-refractivity contribution in [2.75, 3.05) is 31.5 Å². The number of anilines is 1. The molecule has 1 heterocycles. The smallest absolute Gasteiger partial charge is 0.319 e. The first-order chi connectivity index (χ1) is 11.0. The number of urea groups is 1. The molecule has 0 spiro atoms. The molecule has 2 amide bonds. The van der Waals surface area contributed by atoms with E-state index in [1.54, 1.807) is 0 Å². The van der Waals surface area contributed by atoms with Crippen molar-refractivity contribution in [1.82, 2.24) is 10.2 Å². The lowest BCUT2D eigenvalue weighted by Gasteiger charge is -2.30. The van der Waals surface area contributed by atoms with Crippen LogP contribution < -0.4 is 10.6 Å². The van der Waals surface area contributed by atoms with Crippen LogP contribution in [0.5, 0.6) is 0 Å². The number of likely N-dealkylation sites (tertiary alicyclic amines) is 1. The zero-order valence-corrected chi connectivity index (χ0v) is 15.8. The monoisotopic (exact) mass is 381 g/mol. The summed E-state index contributed by atoms with van der Waals surface area (Å²) in [6, 6.07) is 5.75. The van der Waals surface area contributed by atoms with Gasteiger partial charge in [0.15, 0.2) is 0 Å². The van der Waals surface area contributed by atoms with Crippen LogP contribution in [-0.2, 0) is 0 Å². The molecule has 0 unspecified atom stereocenters. The molecular formula is C18H28BrN3O. The van der Waals surface area contributed by atoms with Crippen molar-refractivity contribution in [3.8, 4) is 0 Å². The molecule has 1 aliphatic heterocycles. The van der Waals surface area contributed by atoms with Gasteiger partial charge in [-0.25, -0.2) is 4.79 Å². The van der Waals surface area contributed by atoms with E-state index in [0.29, 0.717) is 0 Å². The van der Waals surface area contributed by atoms with Crippen molar-refractivity contribution < 1.29 is 4.79 Å². The molecule has 0 aliphatic carbocycles. The lowest BCUT2D eigenvalue weighted by atomic mass is 9.99. The number of nitrogens with zero attached hydrogens (tertiary/aromatic N) is 1. The molecule has 4 nitrogen and oxygen atoms in total. The fourth-order valence-corrected chi connectivity index (χ4v) is 3.20. The molecule has 1 aromatic rings. The molecule has 2 N–H and O–H groups in total. The van der Waals surface area contributed by atoms with Gasteiger partial charge >= 0.3 is 6.03 Å². The second-order valence-electron chi connectivity index (χ2n) is 6.57. The van der Waals surface area contributed by atoms with Crippen molar-refractivity contribution in [3.63, 3.8) is 0 Å². The first-order valence-corrected chi connectivity index (χ1v) is 9.37. The number of hydrogen-bond donors (Lipinski definition) is 2. The summed E-state index contributed by atoms with van der Waals surface area (Å²) in [5, 5.41) is 5.84. The molecular weight excluding hydrogens is 354 g/mol. The summed E-state index contributed by atoms with van der Waals surface area (Å²) in [6.07, 6.45) is 4.82. The Labute approximate surface area is 148 Å². The number of amides is 2. The highest BCUT2D eigenvalue weighted by molar-refractivity contribution is 9.10. The Hall–Kier alpha value is -1.07. The highest BCUT2D eigenvalue weighted by Gasteiger charge is 2.14. The maximum atomic E-state index is 11.9. The van der Waals surface area contributed by atoms with Gasteiger partial charge in [0.05, 0.1) is 0 Å². The first-order valence-electron chi connectivity index (χ1n) is 8.58. The van der Waals surface area contributed by atoms with Crippen LogP contribution >= 0.6 is 15.9 Å². The summed E-state index contributed by atoms with van der Waals surface area (Å²) in [5.41, 5.74) is 1.90. The van der Waals surface area contributed by atoms with Crippen molar-refractivity contribution in [1.29, 1.82) is 0 Å². The van der Waals surface area contributed by atoms with E-state index in [9.17, 15) is 4.79 Å². The molecule has 0 saturated carbocycles. The largest absolute Gasteiger partial charge is 0.338 e. The van der Waals surface area contributed by atoms with Crippen LogP contribution in [0.1, 0.15) is 38.2 Å². The van der Waals surface area contributed by atoms with Gasteiger partial charge in [0, 0.05) is 16.7 Å². The number of rotatable bonds is 6. The summed E-state index contributed by atoms with van der Waals surface area (Å²) in [7, 11) is 0. The van der Waals surface area contributed by atoms with Crippen LogP contribution in [0, 0.1) is 12.8 Å². The molecule has 5 heteroatoms. The summed E-state index contributed by atoms with van der Waals surface area (Å²) in [6.45, 7) is 8.67. The molecule has 1 aliphatic rings. The zero-order valence-electron chi connectivity index (χ0n) is 14.2. The Morgan fingerprint density at radius 3 is 2.78 bits per heavy atom. The normalized spacial score (nSPS) is 16.3. The molecule has 0 atom stereocenters. The van der Waals surface area contributed by atoms with E-state index in [1.165, 1.54) is 25.9 Å². The number of carbonyl (C=O) groups is 1. The van der Waals surface area contributed by atoms with E-state index in [-0.39, 0.29) is 6.03 Å². The van der Waals surface area contributed by atoms with Gasteiger partial charge in [-0.1, -0.05) is 28.9 Å². The minimum atomic E-state index is -0.127. The summed E-state index contributed by atoms with van der Waals surface area (Å²) < 4.78 is 0.967. The summed E-state index contributed by atoms with van der Waals surface area (Å²) >= 11 is 3.42. The topological polar surface area (TPSA) is 44.4 Å². The quantitative estimate of drug-likeness (QED) is 0.717. The predicted molar refractivity (Wildman–Crippen MR) is 100.0 cm³/mol. The van der Waals surface area contributed by atoms with Crippen LogP contribution in [0.15, 0.2) is 22.7 Å². The van der Waals surface area contributed by atoms with Crippen molar-refractivity contribution in [2.24, 2.45) is 5.92 Å². The van der Waals surface area contributed by atoms with E-state index < -0.39 is 0 Å². The number of nitrogens with one attached hydrogen (secondary N) is 2. The molecule has 0 aromatic heterocycles. The van der Waals surface area contributed by atoms with Gasteiger partial charge in [-0.05, 0) is 75.9 Å². The average molecular weight is 382 g/mol. The fraction of sp³-hybridized carbons (Fsp3) is 0.611. The van der Waals surface area contributed by atoms with Crippen molar-refractivity contribution in [2.45, 2.75) is 39.5 Å². The average Bonchev–Trinajstić information content (AvgIpc) is 2.52. The molecule has 23 heavy (non-hydrogen) atoms. The second kappa shape index (κ2) is 9.28. The standard InChI is InChI=1S/C18H28BrN3O/c1-14-7-11-22(12-8-14)10-4-3-9-20-18(23)21-17-13-16(19)6-5-15(17)2/h5-6,13-14H,3-4,7-12H2,1-2H3,(H2,20,21,23). The number of piperidine rings is 1. The van der Waals surface area contributed by atoms with Gasteiger partial charge in [-0.2, -0.15) is 0 Å². The summed E-state index contributed by atoms with van der Waals surface area (Å²) in [5.74, 6) is 0.887. The second-order valence-corrected chi connectivity index (χ2v) is 7.49. The van der Waals surface area contributed by atoms with Crippen LogP contribution in [0.3, 0.4) is 0 Å². The lowest BCUT2D eigenvalue weighted by Crippen LogP contribution is -2.34. The van der Waals surface area contributed by atoms with Crippen LogP contribution in [-0.4, -0.2) is 37.1 Å². The van der Waals surface area contributed by atoms with Crippen LogP contribution in [0.4, 0.5) is 10.5 Å². The number of halogens is 1. The van der Waals surface area contributed by atoms with Crippen LogP contribution in [0.2, 0.25) is 0 Å². The Kier molecular flexibility index (Phi) is 7.37. The number of benzene rings is 1. The molecule has 1 aromatic carbocycles. The van der Waals surface area contributed by atoms with Gasteiger partial charge in [0.1, 0.15) is 0 Å². The zero-order chi connectivity index (χ0) is 16.7. The Morgan fingerprint density at radius 1 is 1.30 bits per heavy atom. The number of unbranched alkanes of at least 4 members (excludes halogenated alkanes) is 1. The first kappa shape index (κ1) is 18.3. The molecule has 1 saturated heterocycles. The van der Waals surface area contributed by atoms with Gasteiger partial charge < -0.3 is 15.5 Å². The maximum Gasteiger partial charge on any atom is 0.319 e. The number of hydrogen-bond acceptors (Lipinski definition) is 2. The highest BCUT2D eigenvalue weighted by Crippen LogP contribution is 2.20. The fourth-order valence-electron chi connectivity index (χ4n) is 2.84. The third kappa shape index (κ3) is 6.51. The van der Waals surface area contributed by atoms with E-state index in [4.69, 9.17) is 0 Å². The third-order valence-electron chi connectivity index (χ3n) is 4.51. The van der Waals surface area contributed by atoms with Crippen molar-refractivity contribution in [3.05, 3.63) is 28.2 Å². The van der Waals surface area contributed by atoms with E-state index in [0.717, 1.165) is 47.6 Å². The Morgan fingerprint density at radius 2 is 2.04 bits per heavy atom. The highest BCUT2D eigenvalue weighted by atomic mass is 79.9. The van der Waals surface area contributed by atoms with Crippen molar-refractivity contribution >= 4 is 27.6 Å². The molecule has 128 valence electrons. The van der Waals surface area contributed by atoms with E-state index >= 15 is 0 Å². The Bertz CT molecular complexity index is 513. The Balaban J connectivity index is 1.59.